The van der Waals surface area contributed by atoms with E-state index in [2.05, 4.69) is 10.3 Å². The lowest BCUT2D eigenvalue weighted by atomic mass is 10.1. The van der Waals surface area contributed by atoms with Crippen LogP contribution in [0.1, 0.15) is 5.56 Å². The van der Waals surface area contributed by atoms with E-state index in [9.17, 15) is 4.79 Å². The smallest absolute Gasteiger partial charge is 0.266 e. The van der Waals surface area contributed by atoms with E-state index in [-0.39, 0.29) is 5.91 Å². The number of carbonyl (C=O) groups excluding carboxylic acids is 1. The van der Waals surface area contributed by atoms with E-state index in [0.717, 1.165) is 11.3 Å². The monoisotopic (exact) mass is 274 g/mol. The summed E-state index contributed by atoms with van der Waals surface area (Å²) in [6, 6.07) is 11.0. The fraction of sp³-hybridized carbons (Fsp3) is 0.143. The minimum atomic E-state index is -0.505. The van der Waals surface area contributed by atoms with Crippen LogP contribution in [0.5, 0.6) is 5.75 Å². The van der Waals surface area contributed by atoms with Crippen molar-refractivity contribution in [3.63, 3.8) is 0 Å². The minimum Gasteiger partial charge on any atom is -0.480 e. The number of hydrogen-bond donors (Lipinski definition) is 1. The highest BCUT2D eigenvalue weighted by Gasteiger charge is 2.28. The van der Waals surface area contributed by atoms with Crippen molar-refractivity contribution in [2.24, 2.45) is 0 Å². The molecule has 0 bridgehead atoms. The summed E-state index contributed by atoms with van der Waals surface area (Å²) in [5, 5.41) is 3.24. The lowest BCUT2D eigenvalue weighted by molar-refractivity contribution is -0.122. The number of halogens is 1. The van der Waals surface area contributed by atoms with Gasteiger partial charge >= 0.3 is 0 Å². The molecule has 0 spiro atoms. The third-order valence-corrected chi connectivity index (χ3v) is 3.14. The summed E-state index contributed by atoms with van der Waals surface area (Å²) in [4.78, 5) is 16.1. The van der Waals surface area contributed by atoms with Crippen LogP contribution in [-0.4, -0.2) is 17.0 Å². The molecule has 1 aliphatic heterocycles. The molecular weight excluding hydrogens is 264 g/mol. The Balaban J connectivity index is 1.68. The number of para-hydroxylation sites is 1. The summed E-state index contributed by atoms with van der Waals surface area (Å²) in [5.74, 6) is 1.03. The second-order valence-electron chi connectivity index (χ2n) is 4.27. The van der Waals surface area contributed by atoms with Crippen molar-refractivity contribution >= 4 is 23.3 Å². The molecule has 5 heteroatoms. The number of aromatic nitrogens is 1. The van der Waals surface area contributed by atoms with Crippen molar-refractivity contribution in [2.45, 2.75) is 12.5 Å². The van der Waals surface area contributed by atoms with Gasteiger partial charge in [-0.05, 0) is 23.8 Å². The summed E-state index contributed by atoms with van der Waals surface area (Å²) in [5.41, 5.74) is 1.05. The summed E-state index contributed by atoms with van der Waals surface area (Å²) in [6.07, 6.45) is 1.56. The van der Waals surface area contributed by atoms with Gasteiger partial charge in [-0.1, -0.05) is 29.8 Å². The molecule has 4 nitrogen and oxygen atoms in total. The number of amides is 1. The summed E-state index contributed by atoms with van der Waals surface area (Å²) < 4.78 is 5.60. The molecule has 1 amide bonds. The van der Waals surface area contributed by atoms with Gasteiger partial charge < -0.3 is 10.1 Å². The van der Waals surface area contributed by atoms with Crippen LogP contribution >= 0.6 is 11.6 Å². The zero-order valence-electron chi connectivity index (χ0n) is 9.97. The first-order valence-electron chi connectivity index (χ1n) is 5.89. The van der Waals surface area contributed by atoms with Crippen LogP contribution in [0, 0.1) is 0 Å². The van der Waals surface area contributed by atoms with Gasteiger partial charge in [0.1, 0.15) is 11.6 Å². The molecule has 1 aromatic heterocycles. The topological polar surface area (TPSA) is 51.2 Å². The molecule has 1 atom stereocenters. The zero-order valence-corrected chi connectivity index (χ0v) is 10.7. The van der Waals surface area contributed by atoms with Crippen molar-refractivity contribution in [3.8, 4) is 5.75 Å². The van der Waals surface area contributed by atoms with Crippen LogP contribution in [0.2, 0.25) is 5.02 Å². The van der Waals surface area contributed by atoms with E-state index < -0.39 is 6.10 Å². The summed E-state index contributed by atoms with van der Waals surface area (Å²) in [7, 11) is 0. The molecular formula is C14H11ClN2O2. The first-order chi connectivity index (χ1) is 9.22. The number of carbonyl (C=O) groups is 1. The Bertz CT molecular complexity index is 588. The van der Waals surface area contributed by atoms with Gasteiger partial charge in [0.05, 0.1) is 5.02 Å². The molecule has 0 saturated carbocycles. The van der Waals surface area contributed by atoms with Crippen molar-refractivity contribution in [2.75, 3.05) is 5.32 Å². The number of pyridine rings is 1. The molecule has 1 aliphatic rings. The van der Waals surface area contributed by atoms with E-state index in [4.69, 9.17) is 16.3 Å². The van der Waals surface area contributed by atoms with E-state index >= 15 is 0 Å². The first kappa shape index (κ1) is 12.0. The Hall–Kier alpha value is -2.07. The number of rotatable bonds is 2. The van der Waals surface area contributed by atoms with Crippen LogP contribution in [0.3, 0.4) is 0 Å². The molecule has 1 aromatic carbocycles. The Morgan fingerprint density at radius 3 is 2.89 bits per heavy atom. The molecule has 19 heavy (non-hydrogen) atoms. The fourth-order valence-electron chi connectivity index (χ4n) is 1.98. The highest BCUT2D eigenvalue weighted by molar-refractivity contribution is 6.30. The third-order valence-electron chi connectivity index (χ3n) is 2.92. The van der Waals surface area contributed by atoms with Gasteiger partial charge in [-0.3, -0.25) is 4.79 Å². The molecule has 0 fully saturated rings. The molecule has 0 aliphatic carbocycles. The number of anilines is 1. The van der Waals surface area contributed by atoms with E-state index in [1.165, 1.54) is 6.20 Å². The molecule has 2 aromatic rings. The van der Waals surface area contributed by atoms with Crippen LogP contribution in [-0.2, 0) is 11.2 Å². The number of hydrogen-bond acceptors (Lipinski definition) is 3. The standard InChI is InChI=1S/C14H11ClN2O2/c15-10-5-6-13(16-8-10)17-14(18)12-7-9-3-1-2-4-11(9)19-12/h1-6,8,12H,7H2,(H,16,17,18)/t12-/m1/s1. The third kappa shape index (κ3) is 2.53. The van der Waals surface area contributed by atoms with Gasteiger partial charge in [-0.25, -0.2) is 4.98 Å². The van der Waals surface area contributed by atoms with E-state index in [1.54, 1.807) is 12.1 Å². The molecule has 0 radical (unpaired) electrons. The Morgan fingerprint density at radius 2 is 2.16 bits per heavy atom. The maximum absolute atomic E-state index is 12.1. The van der Waals surface area contributed by atoms with E-state index in [1.807, 2.05) is 24.3 Å². The van der Waals surface area contributed by atoms with Gasteiger partial charge in [0.2, 0.25) is 0 Å². The maximum Gasteiger partial charge on any atom is 0.266 e. The molecule has 1 N–H and O–H groups in total. The number of nitrogens with one attached hydrogen (secondary N) is 1. The van der Waals surface area contributed by atoms with E-state index in [0.29, 0.717) is 17.3 Å². The Morgan fingerprint density at radius 1 is 1.32 bits per heavy atom. The van der Waals surface area contributed by atoms with Crippen molar-refractivity contribution in [1.82, 2.24) is 4.98 Å². The summed E-state index contributed by atoms with van der Waals surface area (Å²) in [6.45, 7) is 0. The first-order valence-corrected chi connectivity index (χ1v) is 6.27. The van der Waals surface area contributed by atoms with Crippen LogP contribution < -0.4 is 10.1 Å². The van der Waals surface area contributed by atoms with Gasteiger partial charge in [-0.15, -0.1) is 0 Å². The van der Waals surface area contributed by atoms with Crippen molar-refractivity contribution in [1.29, 1.82) is 0 Å². The number of fused-ring (bicyclic) bond motifs is 1. The number of nitrogens with zero attached hydrogens (tertiary/aromatic N) is 1. The second kappa shape index (κ2) is 4.90. The van der Waals surface area contributed by atoms with Crippen LogP contribution in [0.4, 0.5) is 5.82 Å². The Labute approximate surface area is 115 Å². The van der Waals surface area contributed by atoms with Gasteiger partial charge in [0.25, 0.3) is 5.91 Å². The lowest BCUT2D eigenvalue weighted by Gasteiger charge is -2.10. The van der Waals surface area contributed by atoms with Gasteiger partial charge in [0.15, 0.2) is 6.10 Å². The largest absolute Gasteiger partial charge is 0.480 e. The number of ether oxygens (including phenoxy) is 1. The van der Waals surface area contributed by atoms with Crippen molar-refractivity contribution in [3.05, 3.63) is 53.2 Å². The average Bonchev–Trinajstić information content (AvgIpc) is 2.85. The normalized spacial score (nSPS) is 16.6. The van der Waals surface area contributed by atoms with Crippen molar-refractivity contribution < 1.29 is 9.53 Å². The fourth-order valence-corrected chi connectivity index (χ4v) is 2.10. The van der Waals surface area contributed by atoms with Gasteiger partial charge in [-0.2, -0.15) is 0 Å². The second-order valence-corrected chi connectivity index (χ2v) is 4.71. The zero-order chi connectivity index (χ0) is 13.2. The predicted molar refractivity (Wildman–Crippen MR) is 72.4 cm³/mol. The molecule has 0 saturated heterocycles. The highest BCUT2D eigenvalue weighted by atomic mass is 35.5. The summed E-state index contributed by atoms with van der Waals surface area (Å²) >= 11 is 5.74. The number of benzene rings is 1. The maximum atomic E-state index is 12.1. The minimum absolute atomic E-state index is 0.203. The molecule has 96 valence electrons. The van der Waals surface area contributed by atoms with Crippen LogP contribution in [0.15, 0.2) is 42.6 Å². The SMILES string of the molecule is O=C(Nc1ccc(Cl)cn1)[C@H]1Cc2ccccc2O1. The van der Waals surface area contributed by atoms with Gasteiger partial charge in [0, 0.05) is 12.6 Å². The highest BCUT2D eigenvalue weighted by Crippen LogP contribution is 2.28. The molecule has 3 rings (SSSR count). The quantitative estimate of drug-likeness (QED) is 0.916. The van der Waals surface area contributed by atoms with Crippen LogP contribution in [0.25, 0.3) is 0 Å². The molecule has 2 heterocycles. The Kier molecular flexibility index (Phi) is 3.09. The average molecular weight is 275 g/mol. The lowest BCUT2D eigenvalue weighted by Crippen LogP contribution is -2.31. The predicted octanol–water partition coefficient (Wildman–Crippen LogP) is 2.68. The molecule has 0 unspecified atom stereocenters.